The fourth-order valence-electron chi connectivity index (χ4n) is 3.87. The van der Waals surface area contributed by atoms with E-state index < -0.39 is 15.6 Å². The number of rotatable bonds is 8. The van der Waals surface area contributed by atoms with E-state index in [9.17, 15) is 13.2 Å². The number of carbonyl (C=O) groups is 1. The molecule has 2 aromatic heterocycles. The molecule has 1 amide bonds. The average molecular weight is 512 g/mol. The molecule has 0 aliphatic carbocycles. The molecule has 4 rings (SSSR count). The Morgan fingerprint density at radius 3 is 2.57 bits per heavy atom. The van der Waals surface area contributed by atoms with Crippen molar-refractivity contribution < 1.29 is 17.9 Å². The van der Waals surface area contributed by atoms with Crippen LogP contribution in [0.5, 0.6) is 5.75 Å². The van der Waals surface area contributed by atoms with Crippen LogP contribution >= 0.6 is 11.3 Å². The van der Waals surface area contributed by atoms with Gasteiger partial charge in [0.25, 0.3) is 5.91 Å². The van der Waals surface area contributed by atoms with Crippen LogP contribution in [-0.2, 0) is 23.1 Å². The number of aromatic nitrogens is 1. The molecule has 7 nitrogen and oxygen atoms in total. The van der Waals surface area contributed by atoms with Gasteiger partial charge in [-0.1, -0.05) is 12.1 Å². The first-order valence-corrected chi connectivity index (χ1v) is 13.5. The van der Waals surface area contributed by atoms with E-state index in [1.807, 2.05) is 41.9 Å². The fraction of sp³-hybridized carbons (Fsp3) is 0.269. The Hall–Kier alpha value is -3.14. The van der Waals surface area contributed by atoms with Crippen molar-refractivity contribution in [2.75, 3.05) is 7.11 Å². The van der Waals surface area contributed by atoms with Gasteiger partial charge in [0.05, 0.1) is 13.7 Å². The second-order valence-corrected chi connectivity index (χ2v) is 12.0. The number of carbonyl (C=O) groups excluding carboxylic acids is 1. The third-order valence-electron chi connectivity index (χ3n) is 5.35. The van der Waals surface area contributed by atoms with Gasteiger partial charge in [-0.25, -0.2) is 13.1 Å². The van der Waals surface area contributed by atoms with Gasteiger partial charge in [-0.3, -0.25) is 4.79 Å². The van der Waals surface area contributed by atoms with Gasteiger partial charge in [0, 0.05) is 34.2 Å². The van der Waals surface area contributed by atoms with Crippen molar-refractivity contribution in [1.82, 2.24) is 14.6 Å². The van der Waals surface area contributed by atoms with Gasteiger partial charge in [0.2, 0.25) is 10.0 Å². The smallest absolute Gasteiger partial charge is 0.254 e. The van der Waals surface area contributed by atoms with Crippen LogP contribution in [0.3, 0.4) is 0 Å². The Kier molecular flexibility index (Phi) is 7.02. The van der Waals surface area contributed by atoms with E-state index in [0.29, 0.717) is 13.1 Å². The molecule has 184 valence electrons. The standard InChI is InChI=1S/C26H29N3O4S2/c1-26(2,3)28-35(31,32)24-15-20(8-10-23(24)33-4)25(30)29(17-21-6-5-13-34-21)16-18-7-9-22-19(14-18)11-12-27-22/h5-15,27-28H,16-17H2,1-4H3. The number of benzene rings is 2. The summed E-state index contributed by atoms with van der Waals surface area (Å²) < 4.78 is 34.2. The summed E-state index contributed by atoms with van der Waals surface area (Å²) in [5, 5.41) is 3.04. The number of methoxy groups -OCH3 is 1. The molecule has 9 heteroatoms. The fourth-order valence-corrected chi connectivity index (χ4v) is 6.21. The van der Waals surface area contributed by atoms with Crippen molar-refractivity contribution >= 4 is 38.2 Å². The lowest BCUT2D eigenvalue weighted by atomic mass is 10.1. The number of hydrogen-bond donors (Lipinski definition) is 2. The van der Waals surface area contributed by atoms with Crippen molar-refractivity contribution in [3.05, 3.63) is 82.2 Å². The van der Waals surface area contributed by atoms with Gasteiger partial charge >= 0.3 is 0 Å². The molecule has 0 fully saturated rings. The molecule has 0 saturated heterocycles. The molecule has 0 radical (unpaired) electrons. The van der Waals surface area contributed by atoms with E-state index in [0.717, 1.165) is 21.3 Å². The van der Waals surface area contributed by atoms with Crippen molar-refractivity contribution in [3.63, 3.8) is 0 Å². The number of aromatic amines is 1. The second-order valence-electron chi connectivity index (χ2n) is 9.36. The first-order chi connectivity index (χ1) is 16.6. The average Bonchev–Trinajstić information content (AvgIpc) is 3.47. The van der Waals surface area contributed by atoms with Crippen LogP contribution in [0, 0.1) is 0 Å². The number of hydrogen-bond acceptors (Lipinski definition) is 5. The summed E-state index contributed by atoms with van der Waals surface area (Å²) >= 11 is 1.57. The third-order valence-corrected chi connectivity index (χ3v) is 7.99. The molecule has 0 saturated carbocycles. The summed E-state index contributed by atoms with van der Waals surface area (Å²) in [5.41, 5.74) is 1.60. The highest BCUT2D eigenvalue weighted by Crippen LogP contribution is 2.28. The summed E-state index contributed by atoms with van der Waals surface area (Å²) in [4.78, 5) is 19.6. The molecule has 2 heterocycles. The normalized spacial score (nSPS) is 12.1. The number of nitrogens with zero attached hydrogens (tertiary/aromatic N) is 1. The van der Waals surface area contributed by atoms with E-state index in [1.165, 1.54) is 19.2 Å². The third kappa shape index (κ3) is 5.93. The first-order valence-electron chi connectivity index (χ1n) is 11.2. The molecule has 0 bridgehead atoms. The number of ether oxygens (including phenoxy) is 1. The Balaban J connectivity index is 1.70. The minimum absolute atomic E-state index is 0.0643. The largest absolute Gasteiger partial charge is 0.495 e. The predicted molar refractivity (Wildman–Crippen MR) is 139 cm³/mol. The maximum absolute atomic E-state index is 13.7. The van der Waals surface area contributed by atoms with Crippen LogP contribution in [0.4, 0.5) is 0 Å². The summed E-state index contributed by atoms with van der Waals surface area (Å²) in [6.45, 7) is 6.07. The minimum Gasteiger partial charge on any atom is -0.495 e. The first kappa shape index (κ1) is 25.0. The van der Waals surface area contributed by atoms with Crippen LogP contribution in [0.2, 0.25) is 0 Å². The van der Waals surface area contributed by atoms with Gasteiger partial charge in [0.15, 0.2) is 0 Å². The Bertz CT molecular complexity index is 1440. The van der Waals surface area contributed by atoms with Crippen molar-refractivity contribution in [3.8, 4) is 5.75 Å². The van der Waals surface area contributed by atoms with Crippen LogP contribution in [-0.4, -0.2) is 36.9 Å². The van der Waals surface area contributed by atoms with Gasteiger partial charge < -0.3 is 14.6 Å². The van der Waals surface area contributed by atoms with E-state index in [2.05, 4.69) is 15.8 Å². The van der Waals surface area contributed by atoms with Crippen LogP contribution in [0.25, 0.3) is 10.9 Å². The summed E-state index contributed by atoms with van der Waals surface area (Å²) in [6.07, 6.45) is 1.88. The molecular weight excluding hydrogens is 482 g/mol. The number of H-pyrrole nitrogens is 1. The number of amides is 1. The quantitative estimate of drug-likeness (QED) is 0.342. The number of thiophene rings is 1. The zero-order chi connectivity index (χ0) is 25.2. The summed E-state index contributed by atoms with van der Waals surface area (Å²) in [7, 11) is -2.51. The number of nitrogens with one attached hydrogen (secondary N) is 2. The number of sulfonamides is 1. The predicted octanol–water partition coefficient (Wildman–Crippen LogP) is 5.16. The molecule has 0 aliphatic rings. The van der Waals surface area contributed by atoms with Crippen molar-refractivity contribution in [1.29, 1.82) is 0 Å². The van der Waals surface area contributed by atoms with Gasteiger partial charge in [0.1, 0.15) is 10.6 Å². The van der Waals surface area contributed by atoms with E-state index in [1.54, 1.807) is 43.1 Å². The molecule has 4 aromatic rings. The van der Waals surface area contributed by atoms with Crippen LogP contribution in [0.1, 0.15) is 41.6 Å². The van der Waals surface area contributed by atoms with Gasteiger partial charge in [-0.05, 0) is 79.6 Å². The van der Waals surface area contributed by atoms with Crippen molar-refractivity contribution in [2.24, 2.45) is 0 Å². The highest BCUT2D eigenvalue weighted by molar-refractivity contribution is 7.89. The molecular formula is C26H29N3O4S2. The molecule has 0 spiro atoms. The van der Waals surface area contributed by atoms with E-state index in [4.69, 9.17) is 4.74 Å². The molecule has 0 atom stereocenters. The maximum Gasteiger partial charge on any atom is 0.254 e. The molecule has 2 aromatic carbocycles. The Labute approximate surface area is 209 Å². The van der Waals surface area contributed by atoms with Crippen molar-refractivity contribution in [2.45, 2.75) is 44.3 Å². The Morgan fingerprint density at radius 2 is 1.89 bits per heavy atom. The minimum atomic E-state index is -3.92. The van der Waals surface area contributed by atoms with Gasteiger partial charge in [-0.15, -0.1) is 11.3 Å². The summed E-state index contributed by atoms with van der Waals surface area (Å²) in [6, 6.07) is 16.5. The molecule has 2 N–H and O–H groups in total. The highest BCUT2D eigenvalue weighted by Gasteiger charge is 2.27. The molecule has 0 aliphatic heterocycles. The number of fused-ring (bicyclic) bond motifs is 1. The zero-order valence-corrected chi connectivity index (χ0v) is 21.8. The van der Waals surface area contributed by atoms with Gasteiger partial charge in [-0.2, -0.15) is 0 Å². The van der Waals surface area contributed by atoms with Crippen LogP contribution < -0.4 is 9.46 Å². The maximum atomic E-state index is 13.7. The highest BCUT2D eigenvalue weighted by atomic mass is 32.2. The second kappa shape index (κ2) is 9.85. The zero-order valence-electron chi connectivity index (χ0n) is 20.2. The topological polar surface area (TPSA) is 91.5 Å². The molecule has 0 unspecified atom stereocenters. The van der Waals surface area contributed by atoms with E-state index >= 15 is 0 Å². The lowest BCUT2D eigenvalue weighted by Gasteiger charge is -2.24. The Morgan fingerprint density at radius 1 is 1.09 bits per heavy atom. The lowest BCUT2D eigenvalue weighted by molar-refractivity contribution is 0.0731. The summed E-state index contributed by atoms with van der Waals surface area (Å²) in [5.74, 6) is -0.0801. The molecule has 35 heavy (non-hydrogen) atoms. The SMILES string of the molecule is COc1ccc(C(=O)N(Cc2ccc3[nH]ccc3c2)Cc2cccs2)cc1S(=O)(=O)NC(C)(C)C. The van der Waals surface area contributed by atoms with E-state index in [-0.39, 0.29) is 22.1 Å². The monoisotopic (exact) mass is 511 g/mol. The van der Waals surface area contributed by atoms with Crippen LogP contribution in [0.15, 0.2) is 71.1 Å². The lowest BCUT2D eigenvalue weighted by Crippen LogP contribution is -2.40.